The van der Waals surface area contributed by atoms with Crippen molar-refractivity contribution < 1.29 is 9.62 Å². The summed E-state index contributed by atoms with van der Waals surface area (Å²) >= 11 is 5.76. The number of allylic oxidation sites excluding steroid dienone is 2. The molecule has 15 heavy (non-hydrogen) atoms. The van der Waals surface area contributed by atoms with Gasteiger partial charge in [-0.25, -0.2) is 9.86 Å². The van der Waals surface area contributed by atoms with Crippen LogP contribution in [0.4, 0.5) is 0 Å². The minimum atomic E-state index is -0.670. The van der Waals surface area contributed by atoms with Crippen LogP contribution in [0.25, 0.3) is 0 Å². The van der Waals surface area contributed by atoms with Gasteiger partial charge in [-0.3, -0.25) is 5.21 Å². The molecule has 80 valence electrons. The van der Waals surface area contributed by atoms with Gasteiger partial charge in [-0.1, -0.05) is 11.6 Å². The molecule has 0 amide bonds. The summed E-state index contributed by atoms with van der Waals surface area (Å²) in [6.45, 7) is 0. The van der Waals surface area contributed by atoms with Crippen LogP contribution < -0.4 is 5.76 Å². The number of hydrogen-bond donors (Lipinski definition) is 1. The summed E-state index contributed by atoms with van der Waals surface area (Å²) in [6, 6.07) is -0.670. The fraction of sp³-hybridized carbons (Fsp3) is 0.250. The van der Waals surface area contributed by atoms with E-state index in [1.807, 2.05) is 0 Å². The van der Waals surface area contributed by atoms with Gasteiger partial charge in [0, 0.05) is 18.3 Å². The Hall–Kier alpha value is -1.53. The predicted octanol–water partition coefficient (Wildman–Crippen LogP) is 0.756. The number of aryl methyl sites for hydroxylation is 1. The maximum atomic E-state index is 11.0. The third-order valence-corrected chi connectivity index (χ3v) is 2.20. The SMILES string of the molecule is Cn1nc(C2C=C(Cl)C=CN2O)oc1=O. The Balaban J connectivity index is 2.39. The first kappa shape index (κ1) is 10.0. The van der Waals surface area contributed by atoms with Crippen LogP contribution in [0.3, 0.4) is 0 Å². The number of halogens is 1. The highest BCUT2D eigenvalue weighted by atomic mass is 35.5. The molecule has 0 saturated heterocycles. The van der Waals surface area contributed by atoms with Crippen molar-refractivity contribution in [3.05, 3.63) is 39.8 Å². The zero-order chi connectivity index (χ0) is 11.0. The molecule has 1 N–H and O–H groups in total. The molecule has 2 heterocycles. The molecule has 1 aliphatic rings. The number of nitrogens with zero attached hydrogens (tertiary/aromatic N) is 3. The third kappa shape index (κ3) is 1.81. The molecule has 2 rings (SSSR count). The van der Waals surface area contributed by atoms with Crippen LogP contribution in [-0.4, -0.2) is 20.1 Å². The van der Waals surface area contributed by atoms with Gasteiger partial charge in [0.05, 0.1) is 0 Å². The smallest absolute Gasteiger partial charge is 0.390 e. The molecule has 0 fully saturated rings. The second-order valence-electron chi connectivity index (χ2n) is 3.02. The van der Waals surface area contributed by atoms with Crippen LogP contribution in [0.5, 0.6) is 0 Å². The fourth-order valence-electron chi connectivity index (χ4n) is 1.19. The van der Waals surface area contributed by atoms with Crippen molar-refractivity contribution in [2.45, 2.75) is 6.04 Å². The van der Waals surface area contributed by atoms with Crippen LogP contribution in [0.15, 0.2) is 32.6 Å². The highest BCUT2D eigenvalue weighted by Crippen LogP contribution is 2.25. The van der Waals surface area contributed by atoms with Gasteiger partial charge in [-0.15, -0.1) is 5.10 Å². The third-order valence-electron chi connectivity index (χ3n) is 1.95. The number of hydrogen-bond acceptors (Lipinski definition) is 5. The Kier molecular flexibility index (Phi) is 2.37. The zero-order valence-electron chi connectivity index (χ0n) is 7.79. The lowest BCUT2D eigenvalue weighted by Gasteiger charge is -2.21. The van der Waals surface area contributed by atoms with E-state index in [4.69, 9.17) is 16.0 Å². The Morgan fingerprint density at radius 2 is 2.40 bits per heavy atom. The predicted molar refractivity (Wildman–Crippen MR) is 51.2 cm³/mol. The summed E-state index contributed by atoms with van der Waals surface area (Å²) in [5.41, 5.74) is 0. The van der Waals surface area contributed by atoms with E-state index >= 15 is 0 Å². The molecule has 0 aromatic carbocycles. The monoisotopic (exact) mass is 229 g/mol. The van der Waals surface area contributed by atoms with E-state index in [0.717, 1.165) is 9.75 Å². The maximum absolute atomic E-state index is 11.0. The van der Waals surface area contributed by atoms with Crippen molar-refractivity contribution in [1.29, 1.82) is 0 Å². The highest BCUT2D eigenvalue weighted by molar-refractivity contribution is 6.31. The minimum absolute atomic E-state index is 0.0903. The van der Waals surface area contributed by atoms with Crippen molar-refractivity contribution >= 4 is 11.6 Å². The van der Waals surface area contributed by atoms with Gasteiger partial charge < -0.3 is 4.42 Å². The van der Waals surface area contributed by atoms with Gasteiger partial charge in [0.15, 0.2) is 6.04 Å². The molecular weight excluding hydrogens is 222 g/mol. The Morgan fingerprint density at radius 3 is 3.00 bits per heavy atom. The van der Waals surface area contributed by atoms with Crippen LogP contribution >= 0.6 is 11.6 Å². The zero-order valence-corrected chi connectivity index (χ0v) is 8.55. The van der Waals surface area contributed by atoms with E-state index in [1.54, 1.807) is 0 Å². The molecule has 0 aliphatic carbocycles. The van der Waals surface area contributed by atoms with Gasteiger partial charge >= 0.3 is 5.76 Å². The summed E-state index contributed by atoms with van der Waals surface area (Å²) in [6.07, 6.45) is 4.40. The molecular formula is C8H8ClN3O3. The van der Waals surface area contributed by atoms with E-state index in [9.17, 15) is 10.0 Å². The van der Waals surface area contributed by atoms with E-state index < -0.39 is 11.8 Å². The molecule has 0 saturated carbocycles. The quantitative estimate of drug-likeness (QED) is 0.770. The average molecular weight is 230 g/mol. The van der Waals surface area contributed by atoms with Crippen LogP contribution in [0, 0.1) is 0 Å². The first-order valence-electron chi connectivity index (χ1n) is 4.14. The van der Waals surface area contributed by atoms with Crippen molar-refractivity contribution in [2.75, 3.05) is 0 Å². The summed E-state index contributed by atoms with van der Waals surface area (Å²) in [4.78, 5) is 11.0. The van der Waals surface area contributed by atoms with Crippen LogP contribution in [0.1, 0.15) is 11.9 Å². The molecule has 1 aromatic rings. The van der Waals surface area contributed by atoms with Gasteiger partial charge in [0.2, 0.25) is 5.89 Å². The fourth-order valence-corrected chi connectivity index (χ4v) is 1.37. The van der Waals surface area contributed by atoms with E-state index in [-0.39, 0.29) is 5.89 Å². The number of hydroxylamine groups is 2. The molecule has 0 bridgehead atoms. The second-order valence-corrected chi connectivity index (χ2v) is 3.46. The molecule has 0 spiro atoms. The minimum Gasteiger partial charge on any atom is -0.390 e. The molecule has 1 aromatic heterocycles. The van der Waals surface area contributed by atoms with Gasteiger partial charge in [-0.05, 0) is 12.2 Å². The summed E-state index contributed by atoms with van der Waals surface area (Å²) in [7, 11) is 1.46. The normalized spacial score (nSPS) is 20.6. The van der Waals surface area contributed by atoms with Gasteiger partial charge in [0.1, 0.15) is 0 Å². The van der Waals surface area contributed by atoms with E-state index in [1.165, 1.54) is 25.4 Å². The van der Waals surface area contributed by atoms with Crippen LogP contribution in [0.2, 0.25) is 0 Å². The molecule has 7 heteroatoms. The van der Waals surface area contributed by atoms with Gasteiger partial charge in [-0.2, -0.15) is 4.68 Å². The lowest BCUT2D eigenvalue weighted by Crippen LogP contribution is -2.20. The summed E-state index contributed by atoms with van der Waals surface area (Å²) in [5.74, 6) is -0.495. The Morgan fingerprint density at radius 1 is 1.67 bits per heavy atom. The van der Waals surface area contributed by atoms with Crippen molar-refractivity contribution in [3.8, 4) is 0 Å². The summed E-state index contributed by atoms with van der Waals surface area (Å²) in [5, 5.41) is 14.6. The lowest BCUT2D eigenvalue weighted by atomic mass is 10.2. The first-order chi connectivity index (χ1) is 7.08. The highest BCUT2D eigenvalue weighted by Gasteiger charge is 2.23. The van der Waals surface area contributed by atoms with Crippen LogP contribution in [-0.2, 0) is 7.05 Å². The average Bonchev–Trinajstić information content (AvgIpc) is 2.51. The standard InChI is InChI=1S/C8H8ClN3O3/c1-11-8(13)15-7(10-11)6-4-5(9)2-3-12(6)14/h2-4,6,14H,1H3. The summed E-state index contributed by atoms with van der Waals surface area (Å²) < 4.78 is 5.87. The Labute approximate surface area is 89.6 Å². The number of aromatic nitrogens is 2. The second kappa shape index (κ2) is 3.56. The molecule has 1 aliphatic heterocycles. The number of rotatable bonds is 1. The van der Waals surface area contributed by atoms with Crippen molar-refractivity contribution in [2.24, 2.45) is 7.05 Å². The maximum Gasteiger partial charge on any atom is 0.436 e. The van der Waals surface area contributed by atoms with E-state index in [2.05, 4.69) is 5.10 Å². The molecule has 0 radical (unpaired) electrons. The molecule has 6 nitrogen and oxygen atoms in total. The first-order valence-corrected chi connectivity index (χ1v) is 4.52. The Bertz CT molecular complexity index is 488. The van der Waals surface area contributed by atoms with Crippen molar-refractivity contribution in [3.63, 3.8) is 0 Å². The lowest BCUT2D eigenvalue weighted by molar-refractivity contribution is -0.0740. The molecule has 1 atom stereocenters. The topological polar surface area (TPSA) is 71.5 Å². The van der Waals surface area contributed by atoms with Crippen molar-refractivity contribution in [1.82, 2.24) is 14.8 Å². The molecule has 1 unspecified atom stereocenters. The largest absolute Gasteiger partial charge is 0.436 e. The van der Waals surface area contributed by atoms with Gasteiger partial charge in [0.25, 0.3) is 0 Å². The van der Waals surface area contributed by atoms with E-state index in [0.29, 0.717) is 5.03 Å².